The van der Waals surface area contributed by atoms with E-state index in [1.807, 2.05) is 25.1 Å². The number of ether oxygens (including phenoxy) is 1. The van der Waals surface area contributed by atoms with Gasteiger partial charge in [0.05, 0.1) is 38.8 Å². The molecule has 0 radical (unpaired) electrons. The second-order valence-corrected chi connectivity index (χ2v) is 12.0. The minimum Gasteiger partial charge on any atom is -0.491 e. The molecule has 0 aliphatic carbocycles. The summed E-state index contributed by atoms with van der Waals surface area (Å²) in [6, 6.07) is 10.9. The van der Waals surface area contributed by atoms with Crippen LogP contribution in [0.25, 0.3) is 32.2 Å². The van der Waals surface area contributed by atoms with E-state index in [1.165, 1.54) is 15.9 Å². The van der Waals surface area contributed by atoms with Crippen molar-refractivity contribution in [3.8, 4) is 22.9 Å². The van der Waals surface area contributed by atoms with Gasteiger partial charge in [0.2, 0.25) is 0 Å². The van der Waals surface area contributed by atoms with Crippen molar-refractivity contribution in [3.05, 3.63) is 84.3 Å². The summed E-state index contributed by atoms with van der Waals surface area (Å²) in [5.74, 6) is -0.0736. The zero-order chi connectivity index (χ0) is 31.0. The van der Waals surface area contributed by atoms with Crippen LogP contribution in [0, 0.1) is 25.2 Å². The van der Waals surface area contributed by atoms with E-state index in [4.69, 9.17) is 27.9 Å². The van der Waals surface area contributed by atoms with Crippen LogP contribution in [0.3, 0.4) is 0 Å². The highest BCUT2D eigenvalue weighted by molar-refractivity contribution is 7.18. The molecule has 3 heterocycles. The quantitative estimate of drug-likeness (QED) is 0.199. The Kier molecular flexibility index (Phi) is 8.71. The number of likely N-dealkylation sites (N-methyl/N-ethyl adjacent to an activating group) is 1. The maximum Gasteiger partial charge on any atom is 0.338 e. The molecule has 0 aliphatic rings. The molecule has 0 amide bonds. The molecule has 0 bridgehead atoms. The van der Waals surface area contributed by atoms with Gasteiger partial charge in [-0.25, -0.2) is 9.78 Å². The number of carbonyl (C=O) groups is 1. The van der Waals surface area contributed by atoms with Crippen molar-refractivity contribution in [1.29, 1.82) is 5.26 Å². The van der Waals surface area contributed by atoms with E-state index < -0.39 is 5.97 Å². The monoisotopic (exact) mass is 635 g/mol. The molecule has 0 spiro atoms. The summed E-state index contributed by atoms with van der Waals surface area (Å²) in [6.45, 7) is 4.47. The third-order valence-corrected chi connectivity index (χ3v) is 8.67. The minimum absolute atomic E-state index is 0.115. The molecule has 0 saturated carbocycles. The highest BCUT2D eigenvalue weighted by Crippen LogP contribution is 2.40. The van der Waals surface area contributed by atoms with Gasteiger partial charge in [-0.2, -0.15) is 5.26 Å². The number of benzene rings is 2. The van der Waals surface area contributed by atoms with Crippen LogP contribution in [0.15, 0.2) is 40.5 Å². The van der Waals surface area contributed by atoms with Crippen LogP contribution >= 0.6 is 34.5 Å². The third-order valence-electron chi connectivity index (χ3n) is 7.10. The number of halogens is 2. The highest BCUT2D eigenvalue weighted by Gasteiger charge is 2.21. The number of nitriles is 1. The Hall–Kier alpha value is -4.01. The van der Waals surface area contributed by atoms with Crippen LogP contribution < -0.4 is 10.3 Å². The summed E-state index contributed by atoms with van der Waals surface area (Å²) < 4.78 is 8.41. The second kappa shape index (κ2) is 12.3. The number of pyridine rings is 1. The standard InChI is InChI=1S/C31H27Cl2N5O4S/c1-16-11-21(29-28(35-16)23(15-43-29)31(40)41)20-12-18(32)5-6-26(20)42-10-9-38-17(2)36-25-13-24(33)19(7-8-37(3)4)22(14-34)27(25)30(38)39/h5-6,11-13,15H,7-10H2,1-4H3,(H,40,41). The van der Waals surface area contributed by atoms with Gasteiger partial charge in [0.1, 0.15) is 24.3 Å². The molecular formula is C31H27Cl2N5O4S. The van der Waals surface area contributed by atoms with Crippen molar-refractivity contribution in [1.82, 2.24) is 19.4 Å². The average molecular weight is 637 g/mol. The summed E-state index contributed by atoms with van der Waals surface area (Å²) in [5, 5.41) is 22.4. The van der Waals surface area contributed by atoms with Crippen molar-refractivity contribution in [3.63, 3.8) is 0 Å². The summed E-state index contributed by atoms with van der Waals surface area (Å²) in [7, 11) is 3.86. The summed E-state index contributed by atoms with van der Waals surface area (Å²) in [4.78, 5) is 36.5. The molecule has 12 heteroatoms. The van der Waals surface area contributed by atoms with E-state index in [0.29, 0.717) is 67.1 Å². The Morgan fingerprint density at radius 3 is 2.63 bits per heavy atom. The number of aromatic carboxylic acids is 1. The molecule has 0 fully saturated rings. The van der Waals surface area contributed by atoms with E-state index in [2.05, 4.69) is 16.0 Å². The predicted molar refractivity (Wildman–Crippen MR) is 170 cm³/mol. The lowest BCUT2D eigenvalue weighted by molar-refractivity contribution is 0.0699. The molecule has 9 nitrogen and oxygen atoms in total. The maximum absolute atomic E-state index is 13.7. The molecule has 0 aliphatic heterocycles. The highest BCUT2D eigenvalue weighted by atomic mass is 35.5. The van der Waals surface area contributed by atoms with E-state index in [-0.39, 0.29) is 35.2 Å². The van der Waals surface area contributed by atoms with E-state index >= 15 is 0 Å². The van der Waals surface area contributed by atoms with Crippen molar-refractivity contribution in [2.75, 3.05) is 27.2 Å². The topological polar surface area (TPSA) is 121 Å². The van der Waals surface area contributed by atoms with Gasteiger partial charge in [-0.3, -0.25) is 14.3 Å². The first-order valence-corrected chi connectivity index (χ1v) is 15.0. The number of carboxylic acids is 1. The van der Waals surface area contributed by atoms with Crippen LogP contribution in [-0.4, -0.2) is 57.8 Å². The van der Waals surface area contributed by atoms with Crippen molar-refractivity contribution >= 4 is 61.6 Å². The zero-order valence-electron chi connectivity index (χ0n) is 23.9. The molecule has 1 N–H and O–H groups in total. The third kappa shape index (κ3) is 5.94. The fourth-order valence-electron chi connectivity index (χ4n) is 5.04. The van der Waals surface area contributed by atoms with E-state index in [0.717, 1.165) is 5.56 Å². The molecule has 5 rings (SSSR count). The van der Waals surface area contributed by atoms with Gasteiger partial charge in [0.25, 0.3) is 5.56 Å². The lowest BCUT2D eigenvalue weighted by atomic mass is 10.0. The smallest absolute Gasteiger partial charge is 0.338 e. The van der Waals surface area contributed by atoms with Gasteiger partial charge in [-0.05, 0) is 70.3 Å². The van der Waals surface area contributed by atoms with Crippen LogP contribution in [0.4, 0.5) is 0 Å². The Morgan fingerprint density at radius 2 is 1.93 bits per heavy atom. The minimum atomic E-state index is -1.05. The second-order valence-electron chi connectivity index (χ2n) is 10.3. The number of aryl methyl sites for hydroxylation is 2. The first kappa shape index (κ1) is 30.4. The number of nitrogens with zero attached hydrogens (tertiary/aromatic N) is 5. The van der Waals surface area contributed by atoms with Crippen molar-refractivity contribution in [2.45, 2.75) is 26.8 Å². The van der Waals surface area contributed by atoms with Crippen LogP contribution in [0.5, 0.6) is 5.75 Å². The average Bonchev–Trinajstić information content (AvgIpc) is 3.37. The summed E-state index contributed by atoms with van der Waals surface area (Å²) in [5.41, 5.74) is 3.52. The molecular weight excluding hydrogens is 609 g/mol. The van der Waals surface area contributed by atoms with Gasteiger partial charge in [0, 0.05) is 38.8 Å². The largest absolute Gasteiger partial charge is 0.491 e. The maximum atomic E-state index is 13.7. The first-order chi connectivity index (χ1) is 20.5. The van der Waals surface area contributed by atoms with Gasteiger partial charge in [-0.1, -0.05) is 23.2 Å². The number of rotatable bonds is 9. The number of aromatic nitrogens is 3. The van der Waals surface area contributed by atoms with Gasteiger partial charge in [-0.15, -0.1) is 11.3 Å². The van der Waals surface area contributed by atoms with E-state index in [1.54, 1.807) is 43.5 Å². The lowest BCUT2D eigenvalue weighted by Gasteiger charge is -2.17. The Bertz CT molecular complexity index is 2010. The van der Waals surface area contributed by atoms with Crippen LogP contribution in [0.1, 0.15) is 33.0 Å². The number of fused-ring (bicyclic) bond motifs is 2. The van der Waals surface area contributed by atoms with Gasteiger partial charge >= 0.3 is 5.97 Å². The molecule has 0 atom stereocenters. The predicted octanol–water partition coefficient (Wildman–Crippen LogP) is 6.35. The summed E-state index contributed by atoms with van der Waals surface area (Å²) >= 11 is 14.2. The van der Waals surface area contributed by atoms with E-state index in [9.17, 15) is 20.0 Å². The summed E-state index contributed by atoms with van der Waals surface area (Å²) in [6.07, 6.45) is 0.514. The van der Waals surface area contributed by atoms with Crippen molar-refractivity contribution in [2.24, 2.45) is 0 Å². The SMILES string of the molecule is Cc1cc(-c2cc(Cl)ccc2OCCn2c(C)nc3cc(Cl)c(CCN(C)C)c(C#N)c3c2=O)c2scc(C(=O)O)c2n1. The normalized spacial score (nSPS) is 11.4. The number of thiophene rings is 1. The molecule has 3 aromatic heterocycles. The molecule has 0 saturated heterocycles. The fraction of sp³-hybridized carbons (Fsp3) is 0.258. The van der Waals surface area contributed by atoms with Gasteiger partial charge < -0.3 is 14.7 Å². The molecule has 220 valence electrons. The Labute approximate surface area is 261 Å². The molecule has 0 unspecified atom stereocenters. The van der Waals surface area contributed by atoms with Crippen LogP contribution in [0.2, 0.25) is 10.0 Å². The fourth-order valence-corrected chi connectivity index (χ4v) is 6.52. The number of hydrogen-bond acceptors (Lipinski definition) is 8. The van der Waals surface area contributed by atoms with Crippen molar-refractivity contribution < 1.29 is 14.6 Å². The Morgan fingerprint density at radius 1 is 1.16 bits per heavy atom. The van der Waals surface area contributed by atoms with Crippen LogP contribution in [-0.2, 0) is 13.0 Å². The number of hydrogen-bond donors (Lipinski definition) is 1. The molecule has 43 heavy (non-hydrogen) atoms. The van der Waals surface area contributed by atoms with Gasteiger partial charge in [0.15, 0.2) is 0 Å². The lowest BCUT2D eigenvalue weighted by Crippen LogP contribution is -2.27. The molecule has 2 aromatic carbocycles. The first-order valence-electron chi connectivity index (χ1n) is 13.3. The number of carboxylic acid groups (broad SMARTS) is 1. The Balaban J connectivity index is 1.51. The molecule has 5 aromatic rings. The zero-order valence-corrected chi connectivity index (χ0v) is 26.2.